The van der Waals surface area contributed by atoms with E-state index < -0.39 is 22.1 Å². The number of carboxylic acids is 1. The standard InChI is InChI=1S/C11H8BrCl2FO2/c1-4-2-5(3-6(12)9(4)15)7-8(10(16)17)11(7,13)14/h2-3,7-8H,1H3,(H,16,17). The van der Waals surface area contributed by atoms with Crippen molar-refractivity contribution >= 4 is 45.1 Å². The summed E-state index contributed by atoms with van der Waals surface area (Å²) in [6.07, 6.45) is 0. The first-order chi connectivity index (χ1) is 7.76. The molecule has 0 amide bonds. The molecule has 6 heteroatoms. The number of hydrogen-bond donors (Lipinski definition) is 1. The van der Waals surface area contributed by atoms with Crippen LogP contribution in [0.2, 0.25) is 0 Å². The lowest BCUT2D eigenvalue weighted by Crippen LogP contribution is -2.03. The van der Waals surface area contributed by atoms with E-state index in [0.717, 1.165) is 0 Å². The lowest BCUT2D eigenvalue weighted by Gasteiger charge is -2.05. The Morgan fingerprint density at radius 1 is 1.53 bits per heavy atom. The summed E-state index contributed by atoms with van der Waals surface area (Å²) >= 11 is 14.9. The molecule has 0 bridgehead atoms. The van der Waals surface area contributed by atoms with Crippen molar-refractivity contribution < 1.29 is 14.3 Å². The van der Waals surface area contributed by atoms with Crippen LogP contribution in [0.1, 0.15) is 17.0 Å². The number of halogens is 4. The first-order valence-electron chi connectivity index (χ1n) is 4.83. The van der Waals surface area contributed by atoms with Crippen LogP contribution in [0.15, 0.2) is 16.6 Å². The highest BCUT2D eigenvalue weighted by Crippen LogP contribution is 2.65. The van der Waals surface area contributed by atoms with Crippen molar-refractivity contribution in [2.75, 3.05) is 0 Å². The zero-order chi connectivity index (χ0) is 13.0. The van der Waals surface area contributed by atoms with Crippen LogP contribution in [0.4, 0.5) is 4.39 Å². The fraction of sp³-hybridized carbons (Fsp3) is 0.364. The topological polar surface area (TPSA) is 37.3 Å². The van der Waals surface area contributed by atoms with Gasteiger partial charge in [-0.15, -0.1) is 0 Å². The zero-order valence-corrected chi connectivity index (χ0v) is 11.8. The monoisotopic (exact) mass is 340 g/mol. The molecular formula is C11H8BrCl2FO2. The Morgan fingerprint density at radius 3 is 2.53 bits per heavy atom. The highest BCUT2D eigenvalue weighted by molar-refractivity contribution is 9.10. The largest absolute Gasteiger partial charge is 0.481 e. The molecule has 0 spiro atoms. The van der Waals surface area contributed by atoms with Crippen LogP contribution in [0.5, 0.6) is 0 Å². The Bertz CT molecular complexity index is 481. The van der Waals surface area contributed by atoms with Crippen molar-refractivity contribution in [3.05, 3.63) is 33.5 Å². The molecule has 2 rings (SSSR count). The number of rotatable bonds is 2. The molecule has 0 heterocycles. The van der Waals surface area contributed by atoms with Gasteiger partial charge in [0.15, 0.2) is 0 Å². The van der Waals surface area contributed by atoms with E-state index in [1.807, 2.05) is 0 Å². The van der Waals surface area contributed by atoms with Gasteiger partial charge in [-0.2, -0.15) is 0 Å². The Balaban J connectivity index is 2.41. The highest BCUT2D eigenvalue weighted by Gasteiger charge is 2.68. The summed E-state index contributed by atoms with van der Waals surface area (Å²) in [6.45, 7) is 1.60. The van der Waals surface area contributed by atoms with Gasteiger partial charge in [0.2, 0.25) is 0 Å². The molecule has 1 aromatic carbocycles. The summed E-state index contributed by atoms with van der Waals surface area (Å²) < 4.78 is 12.4. The van der Waals surface area contributed by atoms with E-state index in [4.69, 9.17) is 28.3 Å². The van der Waals surface area contributed by atoms with Crippen molar-refractivity contribution in [2.45, 2.75) is 17.2 Å². The summed E-state index contributed by atoms with van der Waals surface area (Å²) in [5.74, 6) is -2.75. The Hall–Kier alpha value is -0.320. The van der Waals surface area contributed by atoms with Crippen LogP contribution < -0.4 is 0 Å². The molecule has 0 radical (unpaired) electrons. The molecule has 0 aliphatic heterocycles. The van der Waals surface area contributed by atoms with Crippen molar-refractivity contribution in [1.29, 1.82) is 0 Å². The van der Waals surface area contributed by atoms with Crippen LogP contribution in [-0.4, -0.2) is 15.4 Å². The minimum absolute atomic E-state index is 0.285. The van der Waals surface area contributed by atoms with Crippen molar-refractivity contribution in [2.24, 2.45) is 5.92 Å². The molecule has 1 aliphatic carbocycles. The van der Waals surface area contributed by atoms with Crippen molar-refractivity contribution in [3.63, 3.8) is 0 Å². The van der Waals surface area contributed by atoms with Crippen LogP contribution in [0, 0.1) is 18.7 Å². The zero-order valence-electron chi connectivity index (χ0n) is 8.68. The average Bonchev–Trinajstić information content (AvgIpc) is 2.77. The Morgan fingerprint density at radius 2 is 2.12 bits per heavy atom. The molecular weight excluding hydrogens is 334 g/mol. The van der Waals surface area contributed by atoms with Gasteiger partial charge in [-0.25, -0.2) is 4.39 Å². The number of carboxylic acid groups (broad SMARTS) is 1. The average molecular weight is 342 g/mol. The van der Waals surface area contributed by atoms with Crippen LogP contribution in [-0.2, 0) is 4.79 Å². The minimum atomic E-state index is -1.31. The molecule has 0 saturated heterocycles. The van der Waals surface area contributed by atoms with Gasteiger partial charge < -0.3 is 5.11 Å². The van der Waals surface area contributed by atoms with Gasteiger partial charge in [0.1, 0.15) is 10.2 Å². The third kappa shape index (κ3) is 2.07. The second-order valence-corrected chi connectivity index (χ2v) is 6.40. The van der Waals surface area contributed by atoms with Gasteiger partial charge in [0.25, 0.3) is 0 Å². The number of benzene rings is 1. The lowest BCUT2D eigenvalue weighted by molar-refractivity contribution is -0.138. The Labute approximate surface area is 116 Å². The van der Waals surface area contributed by atoms with E-state index in [1.165, 1.54) is 6.07 Å². The van der Waals surface area contributed by atoms with Gasteiger partial charge in [0, 0.05) is 5.92 Å². The summed E-state index contributed by atoms with van der Waals surface area (Å²) in [5, 5.41) is 8.96. The van der Waals surface area contributed by atoms with E-state index in [9.17, 15) is 9.18 Å². The van der Waals surface area contributed by atoms with Gasteiger partial charge in [-0.3, -0.25) is 4.79 Å². The fourth-order valence-electron chi connectivity index (χ4n) is 1.98. The molecule has 0 aromatic heterocycles. The van der Waals surface area contributed by atoms with Crippen LogP contribution in [0.3, 0.4) is 0 Å². The lowest BCUT2D eigenvalue weighted by atomic mass is 10.1. The quantitative estimate of drug-likeness (QED) is 0.829. The maximum absolute atomic E-state index is 13.4. The predicted molar refractivity (Wildman–Crippen MR) is 67.1 cm³/mol. The van der Waals surface area contributed by atoms with Crippen molar-refractivity contribution in [3.8, 4) is 0 Å². The van der Waals surface area contributed by atoms with Gasteiger partial charge in [-0.1, -0.05) is 29.3 Å². The van der Waals surface area contributed by atoms with Gasteiger partial charge in [0.05, 0.1) is 10.4 Å². The number of aliphatic carboxylic acids is 1. The third-order valence-corrected chi connectivity index (χ3v) is 4.43. The number of aryl methyl sites for hydroxylation is 1. The normalized spacial score (nSPS) is 25.7. The smallest absolute Gasteiger partial charge is 0.310 e. The van der Waals surface area contributed by atoms with Gasteiger partial charge >= 0.3 is 5.97 Å². The molecule has 17 heavy (non-hydrogen) atoms. The summed E-state index contributed by atoms with van der Waals surface area (Å²) in [4.78, 5) is 10.9. The first kappa shape index (κ1) is 13.1. The maximum atomic E-state index is 13.4. The van der Waals surface area contributed by atoms with E-state index >= 15 is 0 Å². The number of hydrogen-bond acceptors (Lipinski definition) is 1. The Kier molecular flexibility index (Phi) is 3.17. The highest BCUT2D eigenvalue weighted by atomic mass is 79.9. The molecule has 2 nitrogen and oxygen atoms in total. The molecule has 1 saturated carbocycles. The predicted octanol–water partition coefficient (Wildman–Crippen LogP) is 3.87. The molecule has 1 N–H and O–H groups in total. The summed E-state index contributed by atoms with van der Waals surface area (Å²) in [7, 11) is 0. The first-order valence-corrected chi connectivity index (χ1v) is 6.38. The molecule has 1 fully saturated rings. The SMILES string of the molecule is Cc1cc(C2C(C(=O)O)C2(Cl)Cl)cc(Br)c1F. The van der Waals surface area contributed by atoms with Crippen molar-refractivity contribution in [1.82, 2.24) is 0 Å². The fourth-order valence-corrected chi connectivity index (χ4v) is 3.38. The molecule has 2 atom stereocenters. The third-order valence-electron chi connectivity index (χ3n) is 2.91. The second-order valence-electron chi connectivity index (χ2n) is 4.10. The minimum Gasteiger partial charge on any atom is -0.481 e. The number of alkyl halides is 2. The van der Waals surface area contributed by atoms with E-state index in [1.54, 1.807) is 13.0 Å². The molecule has 92 valence electrons. The number of carbonyl (C=O) groups is 1. The summed E-state index contributed by atoms with van der Waals surface area (Å²) in [5.41, 5.74) is 1.06. The second kappa shape index (κ2) is 4.11. The molecule has 2 unspecified atom stereocenters. The molecule has 1 aromatic rings. The van der Waals surface area contributed by atoms with Crippen LogP contribution in [0.25, 0.3) is 0 Å². The van der Waals surface area contributed by atoms with E-state index in [2.05, 4.69) is 15.9 Å². The summed E-state index contributed by atoms with van der Waals surface area (Å²) in [6, 6.07) is 3.10. The van der Waals surface area contributed by atoms with Gasteiger partial charge in [-0.05, 0) is 40.0 Å². The molecule has 1 aliphatic rings. The van der Waals surface area contributed by atoms with E-state index in [-0.39, 0.29) is 10.3 Å². The van der Waals surface area contributed by atoms with E-state index in [0.29, 0.717) is 11.1 Å². The maximum Gasteiger partial charge on any atom is 0.310 e. The van der Waals surface area contributed by atoms with Crippen LogP contribution >= 0.6 is 39.1 Å².